The van der Waals surface area contributed by atoms with Crippen LogP contribution in [0.5, 0.6) is 0 Å². The van der Waals surface area contributed by atoms with Crippen LogP contribution < -0.4 is 0 Å². The molecule has 0 aliphatic rings. The second-order valence-corrected chi connectivity index (χ2v) is 18.9. The molecule has 0 bridgehead atoms. The van der Waals surface area contributed by atoms with Crippen molar-refractivity contribution in [3.8, 4) is 39.8 Å². The number of hydrogen-bond donors (Lipinski definition) is 0. The number of fused-ring (bicyclic) bond motifs is 3. The summed E-state index contributed by atoms with van der Waals surface area (Å²) in [6, 6.07) is 36.0. The van der Waals surface area contributed by atoms with E-state index in [1.807, 2.05) is 6.07 Å². The number of nitriles is 1. The fourth-order valence-corrected chi connectivity index (χ4v) is 8.22. The fourth-order valence-electron chi connectivity index (χ4n) is 8.22. The Balaban J connectivity index is 0.0000105. The van der Waals surface area contributed by atoms with E-state index in [4.69, 9.17) is 5.79 Å². The maximum absolute atomic E-state index is 10.3. The molecule has 4 heterocycles. The Labute approximate surface area is 466 Å². The summed E-state index contributed by atoms with van der Waals surface area (Å²) < 4.78 is 180. The third-order valence-corrected chi connectivity index (χ3v) is 11.6. The summed E-state index contributed by atoms with van der Waals surface area (Å²) in [5.74, 6) is -4.97. The van der Waals surface area contributed by atoms with E-state index in [0.717, 1.165) is 36.8 Å². The molecule has 0 aliphatic carbocycles. The van der Waals surface area contributed by atoms with Gasteiger partial charge in [0.2, 0.25) is 0 Å². The summed E-state index contributed by atoms with van der Waals surface area (Å²) >= 11 is 0. The van der Waals surface area contributed by atoms with E-state index in [0.29, 0.717) is 33.3 Å². The number of benzene rings is 5. The third-order valence-electron chi connectivity index (χ3n) is 11.6. The smallest absolute Gasteiger partial charge is 0.500 e. The normalized spacial score (nSPS) is 17.3. The van der Waals surface area contributed by atoms with Crippen molar-refractivity contribution in [3.05, 3.63) is 207 Å². The molecule has 72 heavy (non-hydrogen) atoms. The quantitative estimate of drug-likeness (QED) is 0.0901. The van der Waals surface area contributed by atoms with Crippen molar-refractivity contribution in [2.75, 3.05) is 0 Å². The minimum atomic E-state index is -3.42. The maximum Gasteiger partial charge on any atom is 3.00 e. The molecular weight excluding hydrogens is 1060 g/mol. The van der Waals surface area contributed by atoms with Crippen molar-refractivity contribution in [1.82, 2.24) is 15.0 Å². The maximum atomic E-state index is 10.3. The number of hydrogen-bond acceptors (Lipinski definition) is 5. The molecule has 0 amide bonds. The zero-order chi connectivity index (χ0) is 66.0. The molecule has 0 saturated carbocycles. The topological polar surface area (TPSA) is 75.6 Å². The van der Waals surface area contributed by atoms with Gasteiger partial charge in [-0.1, -0.05) is 116 Å². The Morgan fingerprint density at radius 1 is 0.597 bits per heavy atom. The van der Waals surface area contributed by atoms with Gasteiger partial charge in [-0.15, -0.1) is 90.0 Å². The summed E-state index contributed by atoms with van der Waals surface area (Å²) in [4.78, 5) is 13.6. The molecule has 0 aliphatic heterocycles. The summed E-state index contributed by atoms with van der Waals surface area (Å²) in [7, 11) is 0. The molecule has 0 N–H and O–H groups in total. The van der Waals surface area contributed by atoms with Crippen molar-refractivity contribution in [2.45, 2.75) is 125 Å². The first-order valence-corrected chi connectivity index (χ1v) is 23.3. The summed E-state index contributed by atoms with van der Waals surface area (Å²) in [6.07, 6.45) is -18.8. The van der Waals surface area contributed by atoms with Gasteiger partial charge in [0.25, 0.3) is 0 Å². The SMILES string of the molecule is [2H]c1cc2c(oc3c(-c4cc(C([2H])(C)C)c(C([2H])([2H])C([2H])([2H])c5cc(C([2H])([2H])C([2H])([2H])c6cnc(-c7[c-]cccc7)cc6C([2H])(C)C)cc(C([2H])([2H])C([2H])([2H])c6cnc(-c7[c-]cccc7)cc6C([2H])(C)C)c5)cn4)[c-]ccc32)c(C([2H])([2H])C(C)(C)C)c1C#N.[Ir+3]. The van der Waals surface area contributed by atoms with Crippen LogP contribution in [0.3, 0.4) is 0 Å². The van der Waals surface area contributed by atoms with E-state index >= 15 is 0 Å². The summed E-state index contributed by atoms with van der Waals surface area (Å²) in [5.41, 5.74) is -3.18. The fraction of sp³-hybridized carbons (Fsp3) is 0.303. The van der Waals surface area contributed by atoms with Gasteiger partial charge in [0.05, 0.1) is 18.6 Å². The molecule has 6 heteroatoms. The first-order valence-electron chi connectivity index (χ1n) is 32.3. The Hall–Kier alpha value is -6.51. The Morgan fingerprint density at radius 2 is 1.06 bits per heavy atom. The van der Waals surface area contributed by atoms with Gasteiger partial charge >= 0.3 is 20.1 Å². The van der Waals surface area contributed by atoms with E-state index in [1.165, 1.54) is 71.9 Å². The van der Waals surface area contributed by atoms with Crippen molar-refractivity contribution in [3.63, 3.8) is 0 Å². The van der Waals surface area contributed by atoms with Crippen molar-refractivity contribution >= 4 is 21.9 Å². The second-order valence-electron chi connectivity index (χ2n) is 18.9. The Morgan fingerprint density at radius 3 is 1.49 bits per heavy atom. The number of rotatable bonds is 16. The summed E-state index contributed by atoms with van der Waals surface area (Å²) in [6.45, 7) is 13.7. The van der Waals surface area contributed by atoms with Crippen LogP contribution in [0.15, 0.2) is 132 Å². The van der Waals surface area contributed by atoms with Gasteiger partial charge in [0, 0.05) is 52.8 Å². The van der Waals surface area contributed by atoms with E-state index < -0.39 is 101 Å². The molecule has 0 atom stereocenters. The van der Waals surface area contributed by atoms with Gasteiger partial charge in [-0.05, 0) is 141 Å². The van der Waals surface area contributed by atoms with Crippen molar-refractivity contribution in [2.24, 2.45) is 5.41 Å². The van der Waals surface area contributed by atoms with Gasteiger partial charge in [0.15, 0.2) is 0 Å². The number of furan rings is 1. The molecule has 9 aromatic rings. The number of nitrogens with zero attached hydrogens (tertiary/aromatic N) is 4. The predicted molar refractivity (Wildman–Crippen MR) is 292 cm³/mol. The third kappa shape index (κ3) is 11.7. The molecule has 364 valence electrons. The van der Waals surface area contributed by atoms with Gasteiger partial charge in [-0.25, -0.2) is 0 Å². The monoisotopic (exact) mass is 1140 g/mol. The molecule has 0 radical (unpaired) electrons. The van der Waals surface area contributed by atoms with Crippen molar-refractivity contribution in [1.29, 1.82) is 5.26 Å². The predicted octanol–water partition coefficient (Wildman–Crippen LogP) is 16.4. The van der Waals surface area contributed by atoms with Crippen LogP contribution in [-0.2, 0) is 64.7 Å². The molecule has 5 aromatic carbocycles. The average molecular weight is 1140 g/mol. The van der Waals surface area contributed by atoms with Gasteiger partial charge in [0.1, 0.15) is 5.58 Å². The van der Waals surface area contributed by atoms with E-state index in [1.54, 1.807) is 75.4 Å². The van der Waals surface area contributed by atoms with Crippen LogP contribution in [-0.4, -0.2) is 15.0 Å². The van der Waals surface area contributed by atoms with Crippen LogP contribution in [0.2, 0.25) is 0 Å². The molecule has 0 fully saturated rings. The largest absolute Gasteiger partial charge is 3.00 e. The zero-order valence-electron chi connectivity index (χ0n) is 59.6. The Bertz CT molecular complexity index is 4130. The first kappa shape index (κ1) is 33.3. The zero-order valence-corrected chi connectivity index (χ0v) is 44.0. The number of aryl methyl sites for hydroxylation is 6. The molecule has 4 aromatic heterocycles. The molecule has 0 unspecified atom stereocenters. The van der Waals surface area contributed by atoms with E-state index in [2.05, 4.69) is 33.2 Å². The van der Waals surface area contributed by atoms with Crippen molar-refractivity contribution < 1.29 is 49.2 Å². The molecule has 5 nitrogen and oxygen atoms in total. The van der Waals surface area contributed by atoms with Crippen LogP contribution in [0, 0.1) is 34.9 Å². The van der Waals surface area contributed by atoms with Crippen LogP contribution in [0.1, 0.15) is 166 Å². The minimum absolute atomic E-state index is 0. The van der Waals surface area contributed by atoms with Gasteiger partial charge in [-0.3, -0.25) is 0 Å². The first-order chi connectivity index (χ1) is 40.8. The molecule has 0 saturated heterocycles. The van der Waals surface area contributed by atoms with E-state index in [9.17, 15) is 28.6 Å². The minimum Gasteiger partial charge on any atom is -0.500 e. The van der Waals surface area contributed by atoms with Gasteiger partial charge < -0.3 is 19.4 Å². The molecule has 9 rings (SSSR count). The van der Waals surface area contributed by atoms with Crippen LogP contribution in [0.4, 0.5) is 0 Å². The number of pyridine rings is 3. The average Bonchev–Trinajstić information content (AvgIpc) is 0.996. The molecule has 0 spiro atoms. The van der Waals surface area contributed by atoms with Gasteiger partial charge in [-0.2, -0.15) is 5.26 Å². The standard InChI is InChI=1S/C66H65N4O.Ir/c1-42(2)57-34-61(48-17-12-10-13-18-48)68-39-51(57)26-23-45-31-46(24-27-52-40-69-62(35-58(52)43(3)4)49-19-14-11-15-20-49)33-47(32-45)25-28-53-41-70-63(36-59(53)44(5)6)56-22-16-21-54-55-30-29-50(38-67)60(37-66(7,8)9)65(55)71-64(54)56;/h10-17,19,21,29-36,39-44H,23-28,37H2,1-9H3;/q-3;+3/i23D2,24D2,25D2,26D2,27D2,28D2,29D,37D2,42D,43D,44D;. The van der Waals surface area contributed by atoms with Crippen LogP contribution in [0.25, 0.3) is 55.7 Å². The number of aromatic nitrogens is 3. The summed E-state index contributed by atoms with van der Waals surface area (Å²) in [5, 5.41) is 11.0. The molecular formula is C66H65IrN4O. The van der Waals surface area contributed by atoms with Crippen LogP contribution >= 0.6 is 0 Å². The Kier molecular flexibility index (Phi) is 10.4. The second kappa shape index (κ2) is 22.5. The van der Waals surface area contributed by atoms with E-state index in [-0.39, 0.29) is 76.4 Å².